The number of benzene rings is 2. The number of carbonyl (C=O) groups is 1. The van der Waals surface area contributed by atoms with Gasteiger partial charge in [0.05, 0.1) is 11.7 Å². The Morgan fingerprint density at radius 2 is 1.78 bits per heavy atom. The molecule has 8 heteroatoms. The molecule has 1 saturated carbocycles. The van der Waals surface area contributed by atoms with Gasteiger partial charge in [-0.2, -0.15) is 10.2 Å². The molecule has 162 valence electrons. The number of rotatable bonds is 5. The first-order valence-corrected chi connectivity index (χ1v) is 11.1. The summed E-state index contributed by atoms with van der Waals surface area (Å²) in [7, 11) is 0. The Labute approximate surface area is 184 Å². The Balaban J connectivity index is 1.22. The Kier molecular flexibility index (Phi) is 4.45. The van der Waals surface area contributed by atoms with Crippen LogP contribution < -0.4 is 5.69 Å². The van der Waals surface area contributed by atoms with Crippen LogP contribution in [0.1, 0.15) is 19.3 Å². The van der Waals surface area contributed by atoms with Gasteiger partial charge in [-0.05, 0) is 48.4 Å². The molecule has 2 aliphatic rings. The van der Waals surface area contributed by atoms with Crippen molar-refractivity contribution < 1.29 is 4.79 Å². The fourth-order valence-electron chi connectivity index (χ4n) is 4.67. The van der Waals surface area contributed by atoms with Crippen molar-refractivity contribution >= 4 is 16.8 Å². The van der Waals surface area contributed by atoms with E-state index in [1.807, 2.05) is 41.4 Å². The number of fused-ring (bicyclic) bond motifs is 1. The quantitative estimate of drug-likeness (QED) is 0.510. The maximum Gasteiger partial charge on any atom is 0.343 e. The van der Waals surface area contributed by atoms with Crippen LogP contribution in [0.5, 0.6) is 0 Å². The van der Waals surface area contributed by atoms with Gasteiger partial charge in [-0.25, -0.2) is 9.89 Å². The van der Waals surface area contributed by atoms with Gasteiger partial charge in [0.15, 0.2) is 5.82 Å². The van der Waals surface area contributed by atoms with Crippen molar-refractivity contribution in [1.29, 1.82) is 0 Å². The first-order valence-electron chi connectivity index (χ1n) is 11.1. The molecule has 3 heterocycles. The average molecular weight is 428 g/mol. The summed E-state index contributed by atoms with van der Waals surface area (Å²) in [5, 5.41) is 15.0. The molecule has 2 fully saturated rings. The van der Waals surface area contributed by atoms with Crippen LogP contribution in [0.15, 0.2) is 53.5 Å². The Bertz CT molecular complexity index is 1340. The van der Waals surface area contributed by atoms with E-state index in [2.05, 4.69) is 32.5 Å². The molecule has 6 rings (SSSR count). The minimum absolute atomic E-state index is 0.207. The maximum absolute atomic E-state index is 12.5. The third kappa shape index (κ3) is 3.41. The fourth-order valence-corrected chi connectivity index (χ4v) is 4.67. The van der Waals surface area contributed by atoms with Crippen molar-refractivity contribution in [3.8, 4) is 22.5 Å². The number of amides is 1. The minimum Gasteiger partial charge on any atom is -0.342 e. The summed E-state index contributed by atoms with van der Waals surface area (Å²) in [5.41, 5.74) is 3.89. The lowest BCUT2D eigenvalue weighted by Gasteiger charge is -2.16. The third-order valence-corrected chi connectivity index (χ3v) is 6.64. The number of carbonyl (C=O) groups excluding carboxylic acids is 1. The van der Waals surface area contributed by atoms with E-state index in [9.17, 15) is 9.59 Å². The van der Waals surface area contributed by atoms with E-state index < -0.39 is 0 Å². The number of nitrogens with zero attached hydrogens (tertiary/aromatic N) is 4. The average Bonchev–Trinajstić information content (AvgIpc) is 3.21. The minimum atomic E-state index is -0.207. The number of aromatic nitrogens is 5. The van der Waals surface area contributed by atoms with E-state index in [0.29, 0.717) is 12.4 Å². The van der Waals surface area contributed by atoms with Crippen LogP contribution in [0.4, 0.5) is 0 Å². The zero-order chi connectivity index (χ0) is 21.7. The third-order valence-electron chi connectivity index (χ3n) is 6.64. The lowest BCUT2D eigenvalue weighted by Crippen LogP contribution is -2.31. The van der Waals surface area contributed by atoms with Crippen molar-refractivity contribution in [1.82, 2.24) is 29.9 Å². The molecular formula is C24H24N6O2. The molecule has 2 N–H and O–H groups in total. The molecule has 2 aromatic heterocycles. The normalized spacial score (nSPS) is 18.5. The van der Waals surface area contributed by atoms with E-state index >= 15 is 0 Å². The molecule has 8 nitrogen and oxygen atoms in total. The smallest absolute Gasteiger partial charge is 0.342 e. The van der Waals surface area contributed by atoms with E-state index in [1.165, 1.54) is 0 Å². The summed E-state index contributed by atoms with van der Waals surface area (Å²) in [4.78, 5) is 26.8. The highest BCUT2D eigenvalue weighted by Gasteiger charge is 2.36. The number of nitrogens with one attached hydrogen (secondary N) is 2. The van der Waals surface area contributed by atoms with Crippen molar-refractivity contribution in [2.45, 2.75) is 25.8 Å². The molecule has 0 radical (unpaired) electrons. The van der Waals surface area contributed by atoms with Crippen molar-refractivity contribution in [2.75, 3.05) is 13.1 Å². The van der Waals surface area contributed by atoms with Gasteiger partial charge in [-0.15, -0.1) is 0 Å². The van der Waals surface area contributed by atoms with Gasteiger partial charge >= 0.3 is 5.69 Å². The highest BCUT2D eigenvalue weighted by molar-refractivity contribution is 5.84. The van der Waals surface area contributed by atoms with E-state index in [-0.39, 0.29) is 23.4 Å². The largest absolute Gasteiger partial charge is 0.343 e. The van der Waals surface area contributed by atoms with Crippen molar-refractivity contribution in [3.05, 3.63) is 59.1 Å². The van der Waals surface area contributed by atoms with Crippen LogP contribution in [-0.4, -0.2) is 48.9 Å². The second kappa shape index (κ2) is 7.47. The standard InChI is InChI=1S/C24H24N6O2/c31-23(18-5-6-18)29-10-9-15(13-29)14-30-22(27-28-24(30)32)17-3-1-16(2-4-17)19-7-8-21-20(11-19)12-25-26-21/h1-4,7-8,11-12,15,18H,5-6,9-10,13-14H2,(H,25,26)(H,28,32)/t15-/m1/s1. The number of hydrogen-bond acceptors (Lipinski definition) is 4. The molecule has 2 aromatic carbocycles. The van der Waals surface area contributed by atoms with Gasteiger partial charge < -0.3 is 4.90 Å². The summed E-state index contributed by atoms with van der Waals surface area (Å²) in [6.07, 6.45) is 4.79. The second-order valence-electron chi connectivity index (χ2n) is 8.93. The summed E-state index contributed by atoms with van der Waals surface area (Å²) in [6, 6.07) is 14.3. The van der Waals surface area contributed by atoms with Gasteiger partial charge in [0.25, 0.3) is 0 Å². The number of aromatic amines is 2. The zero-order valence-electron chi connectivity index (χ0n) is 17.6. The molecule has 0 spiro atoms. The van der Waals surface area contributed by atoms with E-state index in [1.54, 1.807) is 4.57 Å². The molecule has 1 aliphatic carbocycles. The van der Waals surface area contributed by atoms with Gasteiger partial charge in [-0.3, -0.25) is 14.5 Å². The summed E-state index contributed by atoms with van der Waals surface area (Å²) >= 11 is 0. The van der Waals surface area contributed by atoms with Gasteiger partial charge in [0, 0.05) is 36.5 Å². The molecule has 4 aromatic rings. The van der Waals surface area contributed by atoms with Crippen LogP contribution >= 0.6 is 0 Å². The summed E-state index contributed by atoms with van der Waals surface area (Å²) < 4.78 is 1.71. The summed E-state index contributed by atoms with van der Waals surface area (Å²) in [5.74, 6) is 1.44. The van der Waals surface area contributed by atoms with Crippen molar-refractivity contribution in [3.63, 3.8) is 0 Å². The first kappa shape index (κ1) is 19.0. The Morgan fingerprint density at radius 3 is 2.59 bits per heavy atom. The topological polar surface area (TPSA) is 99.7 Å². The van der Waals surface area contributed by atoms with Crippen molar-refractivity contribution in [2.24, 2.45) is 11.8 Å². The number of hydrogen-bond donors (Lipinski definition) is 2. The van der Waals surface area contributed by atoms with Crippen LogP contribution in [0, 0.1) is 11.8 Å². The Hall–Kier alpha value is -3.68. The predicted octanol–water partition coefficient (Wildman–Crippen LogP) is 3.04. The van der Waals surface area contributed by atoms with Crippen LogP contribution in [0.2, 0.25) is 0 Å². The molecule has 1 saturated heterocycles. The SMILES string of the molecule is O=C(C1CC1)N1CC[C@@H](Cn2c(-c3ccc(-c4ccc5[nH]ncc5c4)cc3)n[nH]c2=O)C1. The lowest BCUT2D eigenvalue weighted by atomic mass is 10.0. The van der Waals surface area contributed by atoms with E-state index in [4.69, 9.17) is 0 Å². The number of H-pyrrole nitrogens is 2. The van der Waals surface area contributed by atoms with Crippen LogP contribution in [-0.2, 0) is 11.3 Å². The highest BCUT2D eigenvalue weighted by atomic mass is 16.2. The zero-order valence-corrected chi connectivity index (χ0v) is 17.6. The predicted molar refractivity (Wildman–Crippen MR) is 121 cm³/mol. The van der Waals surface area contributed by atoms with Crippen LogP contribution in [0.25, 0.3) is 33.4 Å². The van der Waals surface area contributed by atoms with Gasteiger partial charge in [0.2, 0.25) is 5.91 Å². The molecule has 1 atom stereocenters. The molecule has 32 heavy (non-hydrogen) atoms. The van der Waals surface area contributed by atoms with Gasteiger partial charge in [-0.1, -0.05) is 30.3 Å². The fraction of sp³-hybridized carbons (Fsp3) is 0.333. The second-order valence-corrected chi connectivity index (χ2v) is 8.93. The van der Waals surface area contributed by atoms with Gasteiger partial charge in [0.1, 0.15) is 0 Å². The number of likely N-dealkylation sites (tertiary alicyclic amines) is 1. The van der Waals surface area contributed by atoms with E-state index in [0.717, 1.165) is 59.9 Å². The monoisotopic (exact) mass is 428 g/mol. The molecule has 0 bridgehead atoms. The summed E-state index contributed by atoms with van der Waals surface area (Å²) in [6.45, 7) is 2.08. The lowest BCUT2D eigenvalue weighted by molar-refractivity contribution is -0.131. The Morgan fingerprint density at radius 1 is 1.00 bits per heavy atom. The van der Waals surface area contributed by atoms with Crippen LogP contribution in [0.3, 0.4) is 0 Å². The molecule has 1 amide bonds. The molecule has 1 aliphatic heterocycles. The molecule has 0 unspecified atom stereocenters. The maximum atomic E-state index is 12.5. The first-order chi connectivity index (χ1) is 15.7. The highest BCUT2D eigenvalue weighted by Crippen LogP contribution is 2.33. The molecular weight excluding hydrogens is 404 g/mol.